The fourth-order valence-corrected chi connectivity index (χ4v) is 3.46. The summed E-state index contributed by atoms with van der Waals surface area (Å²) in [5, 5.41) is 13.3. The third-order valence-corrected chi connectivity index (χ3v) is 4.87. The molecule has 1 fully saturated rings. The summed E-state index contributed by atoms with van der Waals surface area (Å²) in [5.74, 6) is 1.92. The van der Waals surface area contributed by atoms with Gasteiger partial charge in [0.15, 0.2) is 0 Å². The molecule has 1 heterocycles. The molecular formula is C14H18N2OS. The van der Waals surface area contributed by atoms with Crippen molar-refractivity contribution in [3.8, 4) is 11.8 Å². The number of anilines is 1. The number of rotatable bonds is 3. The first kappa shape index (κ1) is 13.1. The van der Waals surface area contributed by atoms with Crippen LogP contribution >= 0.6 is 11.8 Å². The van der Waals surface area contributed by atoms with E-state index < -0.39 is 5.54 Å². The molecule has 96 valence electrons. The van der Waals surface area contributed by atoms with Gasteiger partial charge in [0, 0.05) is 5.25 Å². The standard InChI is InChI=1S/C14H18N2OS/c1-11-14(10-15,8-5-9-18-11)16-12-6-3-4-7-13(12)17-2/h3-4,6-7,11,16H,5,8-9H2,1-2H3. The molecule has 0 saturated carbocycles. The maximum absolute atomic E-state index is 9.57. The molecule has 1 saturated heterocycles. The number of benzene rings is 1. The molecule has 2 unspecified atom stereocenters. The summed E-state index contributed by atoms with van der Waals surface area (Å²) in [4.78, 5) is 0. The highest BCUT2D eigenvalue weighted by Gasteiger charge is 2.39. The van der Waals surface area contributed by atoms with E-state index in [1.54, 1.807) is 7.11 Å². The average Bonchev–Trinajstić information content (AvgIpc) is 2.42. The van der Waals surface area contributed by atoms with Gasteiger partial charge in [-0.1, -0.05) is 12.1 Å². The highest BCUT2D eigenvalue weighted by Crippen LogP contribution is 2.38. The number of methoxy groups -OCH3 is 1. The average molecular weight is 262 g/mol. The Morgan fingerprint density at radius 1 is 1.50 bits per heavy atom. The first-order chi connectivity index (χ1) is 8.72. The largest absolute Gasteiger partial charge is 0.495 e. The Balaban J connectivity index is 2.27. The molecular weight excluding hydrogens is 244 g/mol. The van der Waals surface area contributed by atoms with E-state index in [4.69, 9.17) is 4.74 Å². The third-order valence-electron chi connectivity index (χ3n) is 3.44. The van der Waals surface area contributed by atoms with Gasteiger partial charge in [0.2, 0.25) is 0 Å². The van der Waals surface area contributed by atoms with Crippen molar-refractivity contribution >= 4 is 17.4 Å². The Labute approximate surface area is 113 Å². The number of nitriles is 1. The van der Waals surface area contributed by atoms with Crippen LogP contribution in [0.25, 0.3) is 0 Å². The summed E-state index contributed by atoms with van der Waals surface area (Å²) in [5.41, 5.74) is 0.410. The van der Waals surface area contributed by atoms with Crippen molar-refractivity contribution in [3.63, 3.8) is 0 Å². The van der Waals surface area contributed by atoms with Gasteiger partial charge >= 0.3 is 0 Å². The van der Waals surface area contributed by atoms with Gasteiger partial charge in [-0.3, -0.25) is 0 Å². The van der Waals surface area contributed by atoms with E-state index in [1.807, 2.05) is 36.0 Å². The van der Waals surface area contributed by atoms with Crippen molar-refractivity contribution in [1.82, 2.24) is 0 Å². The van der Waals surface area contributed by atoms with Crippen LogP contribution in [-0.2, 0) is 0 Å². The second-order valence-electron chi connectivity index (χ2n) is 4.53. The Hall–Kier alpha value is -1.34. The SMILES string of the molecule is COc1ccccc1NC1(C#N)CCCSC1C. The fourth-order valence-electron chi connectivity index (χ4n) is 2.28. The number of nitrogens with one attached hydrogen (secondary N) is 1. The van der Waals surface area contributed by atoms with E-state index in [1.165, 1.54) is 0 Å². The van der Waals surface area contributed by atoms with E-state index in [-0.39, 0.29) is 5.25 Å². The van der Waals surface area contributed by atoms with Crippen LogP contribution in [-0.4, -0.2) is 23.7 Å². The second kappa shape index (κ2) is 5.53. The molecule has 0 aromatic heterocycles. The molecule has 0 aliphatic carbocycles. The number of para-hydroxylation sites is 2. The first-order valence-electron chi connectivity index (χ1n) is 6.16. The normalized spacial score (nSPS) is 27.3. The maximum Gasteiger partial charge on any atom is 0.141 e. The second-order valence-corrected chi connectivity index (χ2v) is 5.97. The Morgan fingerprint density at radius 3 is 2.94 bits per heavy atom. The Bertz CT molecular complexity index is 457. The monoisotopic (exact) mass is 262 g/mol. The Kier molecular flexibility index (Phi) is 4.03. The molecule has 0 bridgehead atoms. The molecule has 0 radical (unpaired) electrons. The predicted molar refractivity (Wildman–Crippen MR) is 76.1 cm³/mol. The first-order valence-corrected chi connectivity index (χ1v) is 7.21. The van der Waals surface area contributed by atoms with Crippen LogP contribution in [0.4, 0.5) is 5.69 Å². The number of hydrogen-bond acceptors (Lipinski definition) is 4. The smallest absolute Gasteiger partial charge is 0.141 e. The van der Waals surface area contributed by atoms with Crippen LogP contribution < -0.4 is 10.1 Å². The summed E-state index contributed by atoms with van der Waals surface area (Å²) in [6, 6.07) is 10.2. The van der Waals surface area contributed by atoms with Gasteiger partial charge in [-0.05, 0) is 37.7 Å². The molecule has 2 atom stereocenters. The molecule has 1 aliphatic heterocycles. The minimum Gasteiger partial charge on any atom is -0.495 e. The van der Waals surface area contributed by atoms with Gasteiger partial charge < -0.3 is 10.1 Å². The topological polar surface area (TPSA) is 45.0 Å². The van der Waals surface area contributed by atoms with E-state index >= 15 is 0 Å². The quantitative estimate of drug-likeness (QED) is 0.908. The highest BCUT2D eigenvalue weighted by molar-refractivity contribution is 8.00. The third kappa shape index (κ3) is 2.41. The molecule has 0 amide bonds. The van der Waals surface area contributed by atoms with E-state index in [2.05, 4.69) is 18.3 Å². The highest BCUT2D eigenvalue weighted by atomic mass is 32.2. The van der Waals surface area contributed by atoms with Crippen LogP contribution in [0.15, 0.2) is 24.3 Å². The fraction of sp³-hybridized carbons (Fsp3) is 0.500. The maximum atomic E-state index is 9.57. The summed E-state index contributed by atoms with van der Waals surface area (Å²) >= 11 is 1.86. The van der Waals surface area contributed by atoms with Crippen molar-refractivity contribution in [3.05, 3.63) is 24.3 Å². The lowest BCUT2D eigenvalue weighted by Crippen LogP contribution is -2.47. The number of thioether (sulfide) groups is 1. The van der Waals surface area contributed by atoms with Crippen LogP contribution in [0, 0.1) is 11.3 Å². The summed E-state index contributed by atoms with van der Waals surface area (Å²) in [6.07, 6.45) is 1.96. The molecule has 3 nitrogen and oxygen atoms in total. The van der Waals surface area contributed by atoms with Crippen molar-refractivity contribution in [1.29, 1.82) is 5.26 Å². The lowest BCUT2D eigenvalue weighted by molar-refractivity contribution is 0.413. The minimum atomic E-state index is -0.489. The van der Waals surface area contributed by atoms with E-state index in [9.17, 15) is 5.26 Å². The van der Waals surface area contributed by atoms with Crippen molar-refractivity contribution in [2.75, 3.05) is 18.2 Å². The lowest BCUT2D eigenvalue weighted by atomic mass is 9.90. The van der Waals surface area contributed by atoms with Crippen LogP contribution in [0.3, 0.4) is 0 Å². The minimum absolute atomic E-state index is 0.279. The molecule has 1 N–H and O–H groups in total. The van der Waals surface area contributed by atoms with Gasteiger partial charge in [-0.15, -0.1) is 0 Å². The molecule has 18 heavy (non-hydrogen) atoms. The van der Waals surface area contributed by atoms with Gasteiger partial charge in [-0.2, -0.15) is 17.0 Å². The number of ether oxygens (including phenoxy) is 1. The molecule has 0 spiro atoms. The molecule has 4 heteroatoms. The molecule has 1 aromatic rings. The zero-order valence-corrected chi connectivity index (χ0v) is 11.6. The lowest BCUT2D eigenvalue weighted by Gasteiger charge is -2.38. The van der Waals surface area contributed by atoms with E-state index in [0.29, 0.717) is 0 Å². The molecule has 1 aliphatic rings. The van der Waals surface area contributed by atoms with Crippen LogP contribution in [0.1, 0.15) is 19.8 Å². The Morgan fingerprint density at radius 2 is 2.28 bits per heavy atom. The zero-order valence-electron chi connectivity index (χ0n) is 10.8. The summed E-state index contributed by atoms with van der Waals surface area (Å²) in [7, 11) is 1.65. The number of nitrogens with zero attached hydrogens (tertiary/aromatic N) is 1. The van der Waals surface area contributed by atoms with Crippen LogP contribution in [0.2, 0.25) is 0 Å². The van der Waals surface area contributed by atoms with E-state index in [0.717, 1.165) is 30.0 Å². The molecule has 1 aromatic carbocycles. The van der Waals surface area contributed by atoms with Gasteiger partial charge in [0.05, 0.1) is 18.9 Å². The van der Waals surface area contributed by atoms with Crippen LogP contribution in [0.5, 0.6) is 5.75 Å². The van der Waals surface area contributed by atoms with Gasteiger partial charge in [0.1, 0.15) is 11.3 Å². The summed E-state index contributed by atoms with van der Waals surface area (Å²) < 4.78 is 5.33. The summed E-state index contributed by atoms with van der Waals surface area (Å²) in [6.45, 7) is 2.12. The van der Waals surface area contributed by atoms with Gasteiger partial charge in [0.25, 0.3) is 0 Å². The van der Waals surface area contributed by atoms with Crippen molar-refractivity contribution in [2.45, 2.75) is 30.6 Å². The van der Waals surface area contributed by atoms with Gasteiger partial charge in [-0.25, -0.2) is 0 Å². The van der Waals surface area contributed by atoms with Crippen molar-refractivity contribution < 1.29 is 4.74 Å². The predicted octanol–water partition coefficient (Wildman–Crippen LogP) is 3.28. The number of hydrogen-bond donors (Lipinski definition) is 1. The zero-order chi connectivity index (χ0) is 13.0. The van der Waals surface area contributed by atoms with Crippen molar-refractivity contribution in [2.24, 2.45) is 0 Å². The molecule has 2 rings (SSSR count).